The predicted octanol–water partition coefficient (Wildman–Crippen LogP) is -0.290. The first-order chi connectivity index (χ1) is 4.75. The van der Waals surface area contributed by atoms with Crippen molar-refractivity contribution in [3.05, 3.63) is 17.7 Å². The van der Waals surface area contributed by atoms with Crippen LogP contribution in [0.15, 0.2) is 6.33 Å². The summed E-state index contributed by atoms with van der Waals surface area (Å²) in [5.41, 5.74) is 6.74. The van der Waals surface area contributed by atoms with Gasteiger partial charge in [0.1, 0.15) is 6.10 Å². The van der Waals surface area contributed by atoms with Crippen molar-refractivity contribution >= 4 is 0 Å². The SMILES string of the molecule is Cc1[nH]cnc1[C@@H](O)CN. The number of nitrogens with one attached hydrogen (secondary N) is 1. The Bertz CT molecular complexity index is 209. The molecule has 10 heavy (non-hydrogen) atoms. The number of aryl methyl sites for hydroxylation is 1. The quantitative estimate of drug-likeness (QED) is 0.529. The second kappa shape index (κ2) is 2.81. The number of aliphatic hydroxyl groups is 1. The molecule has 4 N–H and O–H groups in total. The highest BCUT2D eigenvalue weighted by molar-refractivity contribution is 5.11. The van der Waals surface area contributed by atoms with Gasteiger partial charge in [0, 0.05) is 12.2 Å². The number of aromatic amines is 1. The first kappa shape index (κ1) is 7.24. The summed E-state index contributed by atoms with van der Waals surface area (Å²) < 4.78 is 0. The molecule has 1 aromatic heterocycles. The Morgan fingerprint density at radius 1 is 1.90 bits per heavy atom. The third-order valence-electron chi connectivity index (χ3n) is 1.41. The molecule has 0 radical (unpaired) electrons. The van der Waals surface area contributed by atoms with Crippen molar-refractivity contribution in [2.24, 2.45) is 5.73 Å². The van der Waals surface area contributed by atoms with Crippen LogP contribution in [0.3, 0.4) is 0 Å². The minimum Gasteiger partial charge on any atom is -0.385 e. The molecule has 0 aliphatic heterocycles. The van der Waals surface area contributed by atoms with Gasteiger partial charge in [-0.25, -0.2) is 4.98 Å². The van der Waals surface area contributed by atoms with E-state index < -0.39 is 6.10 Å². The summed E-state index contributed by atoms with van der Waals surface area (Å²) in [5.74, 6) is 0. The minimum atomic E-state index is -0.633. The van der Waals surface area contributed by atoms with Gasteiger partial charge in [0.15, 0.2) is 0 Å². The highest BCUT2D eigenvalue weighted by Gasteiger charge is 2.09. The van der Waals surface area contributed by atoms with E-state index in [1.807, 2.05) is 6.92 Å². The van der Waals surface area contributed by atoms with Gasteiger partial charge in [-0.05, 0) is 6.92 Å². The predicted molar refractivity (Wildman–Crippen MR) is 37.3 cm³/mol. The number of H-pyrrole nitrogens is 1. The minimum absolute atomic E-state index is 0.214. The number of aromatic nitrogens is 2. The standard InChI is InChI=1S/C6H11N3O/c1-4-6(5(10)2-7)9-3-8-4/h3,5,10H,2,7H2,1H3,(H,8,9)/t5-/m0/s1. The maximum atomic E-state index is 9.19. The topological polar surface area (TPSA) is 74.9 Å². The molecule has 0 aromatic carbocycles. The summed E-state index contributed by atoms with van der Waals surface area (Å²) in [6, 6.07) is 0. The number of rotatable bonds is 2. The van der Waals surface area contributed by atoms with Gasteiger partial charge < -0.3 is 15.8 Å². The molecule has 0 bridgehead atoms. The molecule has 0 aliphatic carbocycles. The van der Waals surface area contributed by atoms with E-state index in [2.05, 4.69) is 9.97 Å². The Hall–Kier alpha value is -0.870. The van der Waals surface area contributed by atoms with E-state index in [0.717, 1.165) is 5.69 Å². The first-order valence-electron chi connectivity index (χ1n) is 3.13. The van der Waals surface area contributed by atoms with Crippen LogP contribution in [0, 0.1) is 6.92 Å². The van der Waals surface area contributed by atoms with Crippen molar-refractivity contribution in [3.63, 3.8) is 0 Å². The van der Waals surface area contributed by atoms with Crippen LogP contribution in [0.25, 0.3) is 0 Å². The molecule has 0 saturated carbocycles. The molecule has 0 amide bonds. The van der Waals surface area contributed by atoms with Gasteiger partial charge in [0.25, 0.3) is 0 Å². The summed E-state index contributed by atoms with van der Waals surface area (Å²) in [5, 5.41) is 9.19. The third-order valence-corrected chi connectivity index (χ3v) is 1.41. The maximum Gasteiger partial charge on any atom is 0.110 e. The molecule has 1 rings (SSSR count). The normalized spacial score (nSPS) is 13.5. The van der Waals surface area contributed by atoms with Crippen molar-refractivity contribution in [1.29, 1.82) is 0 Å². The van der Waals surface area contributed by atoms with Gasteiger partial charge in [-0.3, -0.25) is 0 Å². The molecule has 56 valence electrons. The smallest absolute Gasteiger partial charge is 0.110 e. The van der Waals surface area contributed by atoms with Crippen molar-refractivity contribution in [1.82, 2.24) is 9.97 Å². The molecular formula is C6H11N3O. The fraction of sp³-hybridized carbons (Fsp3) is 0.500. The van der Waals surface area contributed by atoms with Gasteiger partial charge in [0.2, 0.25) is 0 Å². The van der Waals surface area contributed by atoms with E-state index in [-0.39, 0.29) is 6.54 Å². The summed E-state index contributed by atoms with van der Waals surface area (Å²) >= 11 is 0. The van der Waals surface area contributed by atoms with E-state index in [0.29, 0.717) is 5.69 Å². The Labute approximate surface area is 59.1 Å². The molecule has 0 fully saturated rings. The largest absolute Gasteiger partial charge is 0.385 e. The highest BCUT2D eigenvalue weighted by atomic mass is 16.3. The number of nitrogens with two attached hydrogens (primary N) is 1. The number of aliphatic hydroxyl groups excluding tert-OH is 1. The fourth-order valence-corrected chi connectivity index (χ4v) is 0.817. The van der Waals surface area contributed by atoms with Gasteiger partial charge in [-0.1, -0.05) is 0 Å². The number of hydrogen-bond donors (Lipinski definition) is 3. The lowest BCUT2D eigenvalue weighted by Gasteiger charge is -2.03. The van der Waals surface area contributed by atoms with E-state index >= 15 is 0 Å². The highest BCUT2D eigenvalue weighted by Crippen LogP contribution is 2.10. The number of imidazole rings is 1. The Morgan fingerprint density at radius 3 is 3.00 bits per heavy atom. The third kappa shape index (κ3) is 1.17. The second-order valence-electron chi connectivity index (χ2n) is 2.16. The molecule has 4 heteroatoms. The zero-order valence-electron chi connectivity index (χ0n) is 5.83. The molecule has 1 aromatic rings. The van der Waals surface area contributed by atoms with Crippen LogP contribution in [0.1, 0.15) is 17.5 Å². The van der Waals surface area contributed by atoms with E-state index in [1.54, 1.807) is 6.33 Å². The van der Waals surface area contributed by atoms with Crippen molar-refractivity contribution in [2.45, 2.75) is 13.0 Å². The van der Waals surface area contributed by atoms with Gasteiger partial charge in [-0.15, -0.1) is 0 Å². The zero-order valence-corrected chi connectivity index (χ0v) is 5.83. The average Bonchev–Trinajstić information content (AvgIpc) is 2.34. The Balaban J connectivity index is 2.82. The Morgan fingerprint density at radius 2 is 2.60 bits per heavy atom. The van der Waals surface area contributed by atoms with Crippen LogP contribution in [0.5, 0.6) is 0 Å². The lowest BCUT2D eigenvalue weighted by atomic mass is 10.2. The second-order valence-corrected chi connectivity index (χ2v) is 2.16. The summed E-state index contributed by atoms with van der Waals surface area (Å²) in [7, 11) is 0. The van der Waals surface area contributed by atoms with Crippen LogP contribution < -0.4 is 5.73 Å². The van der Waals surface area contributed by atoms with Crippen LogP contribution in [0.2, 0.25) is 0 Å². The first-order valence-corrected chi connectivity index (χ1v) is 3.13. The fourth-order valence-electron chi connectivity index (χ4n) is 0.817. The summed E-state index contributed by atoms with van der Waals surface area (Å²) in [4.78, 5) is 6.76. The molecule has 1 heterocycles. The molecule has 0 unspecified atom stereocenters. The van der Waals surface area contributed by atoms with Crippen molar-refractivity contribution < 1.29 is 5.11 Å². The maximum absolute atomic E-state index is 9.19. The van der Waals surface area contributed by atoms with E-state index in [1.165, 1.54) is 0 Å². The summed E-state index contributed by atoms with van der Waals surface area (Å²) in [6.45, 7) is 2.06. The summed E-state index contributed by atoms with van der Waals surface area (Å²) in [6.07, 6.45) is 0.912. The van der Waals surface area contributed by atoms with E-state index in [9.17, 15) is 5.11 Å². The molecule has 0 aliphatic rings. The molecule has 0 spiro atoms. The lowest BCUT2D eigenvalue weighted by Crippen LogP contribution is -2.12. The molecule has 4 nitrogen and oxygen atoms in total. The van der Waals surface area contributed by atoms with Crippen LogP contribution >= 0.6 is 0 Å². The van der Waals surface area contributed by atoms with Gasteiger partial charge in [-0.2, -0.15) is 0 Å². The van der Waals surface area contributed by atoms with Gasteiger partial charge in [0.05, 0.1) is 12.0 Å². The average molecular weight is 141 g/mol. The van der Waals surface area contributed by atoms with Crippen LogP contribution in [-0.4, -0.2) is 21.6 Å². The van der Waals surface area contributed by atoms with Crippen LogP contribution in [-0.2, 0) is 0 Å². The van der Waals surface area contributed by atoms with Gasteiger partial charge >= 0.3 is 0 Å². The lowest BCUT2D eigenvalue weighted by molar-refractivity contribution is 0.181. The molecule has 0 saturated heterocycles. The molecular weight excluding hydrogens is 130 g/mol. The van der Waals surface area contributed by atoms with E-state index in [4.69, 9.17) is 5.73 Å². The Kier molecular flexibility index (Phi) is 2.03. The number of hydrogen-bond acceptors (Lipinski definition) is 3. The molecule has 1 atom stereocenters. The number of nitrogens with zero attached hydrogens (tertiary/aromatic N) is 1. The monoisotopic (exact) mass is 141 g/mol. The van der Waals surface area contributed by atoms with Crippen molar-refractivity contribution in [2.75, 3.05) is 6.54 Å². The zero-order chi connectivity index (χ0) is 7.56. The van der Waals surface area contributed by atoms with Crippen molar-refractivity contribution in [3.8, 4) is 0 Å². The van der Waals surface area contributed by atoms with Crippen LogP contribution in [0.4, 0.5) is 0 Å².